The van der Waals surface area contributed by atoms with Crippen molar-refractivity contribution in [3.05, 3.63) is 0 Å². The Morgan fingerprint density at radius 2 is 1.73 bits per heavy atom. The third kappa shape index (κ3) is 4.22. The molecule has 0 saturated heterocycles. The van der Waals surface area contributed by atoms with Gasteiger partial charge in [0.2, 0.25) is 0 Å². The van der Waals surface area contributed by atoms with Gasteiger partial charge in [-0.3, -0.25) is 0 Å². The SMILES string of the molecule is CCC(C)CC(C)(CCl)CCl. The van der Waals surface area contributed by atoms with Crippen LogP contribution in [0.5, 0.6) is 0 Å². The summed E-state index contributed by atoms with van der Waals surface area (Å²) >= 11 is 11.7. The van der Waals surface area contributed by atoms with Crippen molar-refractivity contribution in [2.75, 3.05) is 11.8 Å². The minimum atomic E-state index is 0.137. The van der Waals surface area contributed by atoms with Crippen LogP contribution in [0.15, 0.2) is 0 Å². The minimum Gasteiger partial charge on any atom is -0.126 e. The first kappa shape index (κ1) is 11.6. The lowest BCUT2D eigenvalue weighted by atomic mass is 9.84. The van der Waals surface area contributed by atoms with E-state index in [9.17, 15) is 0 Å². The Morgan fingerprint density at radius 1 is 1.27 bits per heavy atom. The first-order valence-electron chi connectivity index (χ1n) is 4.20. The van der Waals surface area contributed by atoms with Gasteiger partial charge in [0, 0.05) is 11.8 Å². The molecule has 0 fully saturated rings. The molecule has 68 valence electrons. The zero-order valence-corrected chi connectivity index (χ0v) is 9.17. The lowest BCUT2D eigenvalue weighted by Crippen LogP contribution is -2.23. The predicted molar refractivity (Wildman–Crippen MR) is 53.6 cm³/mol. The number of alkyl halides is 2. The smallest absolute Gasteiger partial charge is 0.0288 e. The van der Waals surface area contributed by atoms with Crippen LogP contribution in [-0.2, 0) is 0 Å². The van der Waals surface area contributed by atoms with Crippen molar-refractivity contribution >= 4 is 23.2 Å². The van der Waals surface area contributed by atoms with Gasteiger partial charge >= 0.3 is 0 Å². The van der Waals surface area contributed by atoms with Crippen molar-refractivity contribution < 1.29 is 0 Å². The average Bonchev–Trinajstić information content (AvgIpc) is 2.04. The Labute approximate surface area is 80.3 Å². The molecule has 0 saturated carbocycles. The second kappa shape index (κ2) is 5.27. The largest absolute Gasteiger partial charge is 0.126 e. The number of halogens is 2. The summed E-state index contributed by atoms with van der Waals surface area (Å²) in [6.07, 6.45) is 2.35. The van der Waals surface area contributed by atoms with Crippen LogP contribution in [0.3, 0.4) is 0 Å². The van der Waals surface area contributed by atoms with Gasteiger partial charge in [-0.1, -0.05) is 27.2 Å². The van der Waals surface area contributed by atoms with E-state index in [1.165, 1.54) is 6.42 Å². The molecule has 11 heavy (non-hydrogen) atoms. The molecular formula is C9H18Cl2. The molecule has 0 spiro atoms. The van der Waals surface area contributed by atoms with Gasteiger partial charge in [-0.15, -0.1) is 23.2 Å². The van der Waals surface area contributed by atoms with Crippen molar-refractivity contribution in [1.29, 1.82) is 0 Å². The van der Waals surface area contributed by atoms with Crippen LogP contribution in [-0.4, -0.2) is 11.8 Å². The van der Waals surface area contributed by atoms with Crippen LogP contribution in [0, 0.1) is 11.3 Å². The molecule has 0 aliphatic rings. The van der Waals surface area contributed by atoms with Gasteiger partial charge in [0.05, 0.1) is 0 Å². The Morgan fingerprint density at radius 3 is 2.00 bits per heavy atom. The molecular weight excluding hydrogens is 179 g/mol. The standard InChI is InChI=1S/C9H18Cl2/c1-4-8(2)5-9(3,6-10)7-11/h8H,4-7H2,1-3H3. The summed E-state index contributed by atoms with van der Waals surface area (Å²) in [6, 6.07) is 0. The molecule has 0 aromatic carbocycles. The average molecular weight is 197 g/mol. The second-order valence-corrected chi connectivity index (χ2v) is 4.33. The van der Waals surface area contributed by atoms with Crippen LogP contribution >= 0.6 is 23.2 Å². The highest BCUT2D eigenvalue weighted by Gasteiger charge is 2.23. The van der Waals surface area contributed by atoms with Gasteiger partial charge in [-0.05, 0) is 17.8 Å². The fourth-order valence-electron chi connectivity index (χ4n) is 1.13. The van der Waals surface area contributed by atoms with E-state index >= 15 is 0 Å². The van der Waals surface area contributed by atoms with Crippen LogP contribution in [0.2, 0.25) is 0 Å². The van der Waals surface area contributed by atoms with E-state index in [1.54, 1.807) is 0 Å². The third-order valence-electron chi connectivity index (χ3n) is 2.18. The Bertz CT molecular complexity index is 97.7. The number of hydrogen-bond acceptors (Lipinski definition) is 0. The molecule has 0 nitrogen and oxygen atoms in total. The van der Waals surface area contributed by atoms with Crippen LogP contribution in [0.4, 0.5) is 0 Å². The summed E-state index contributed by atoms with van der Waals surface area (Å²) in [5, 5.41) is 0. The van der Waals surface area contributed by atoms with Gasteiger partial charge in [0.1, 0.15) is 0 Å². The molecule has 0 aliphatic heterocycles. The maximum absolute atomic E-state index is 5.83. The molecule has 1 unspecified atom stereocenters. The number of hydrogen-bond donors (Lipinski definition) is 0. The summed E-state index contributed by atoms with van der Waals surface area (Å²) in [5.74, 6) is 2.07. The fraction of sp³-hybridized carbons (Fsp3) is 1.00. The van der Waals surface area contributed by atoms with Gasteiger partial charge in [0.15, 0.2) is 0 Å². The second-order valence-electron chi connectivity index (χ2n) is 3.80. The molecule has 2 heteroatoms. The van der Waals surface area contributed by atoms with Crippen LogP contribution in [0.1, 0.15) is 33.6 Å². The van der Waals surface area contributed by atoms with Gasteiger partial charge < -0.3 is 0 Å². The topological polar surface area (TPSA) is 0 Å². The molecule has 0 aromatic heterocycles. The van der Waals surface area contributed by atoms with E-state index in [0.717, 1.165) is 12.3 Å². The molecule has 0 aromatic rings. The van der Waals surface area contributed by atoms with Crippen molar-refractivity contribution in [1.82, 2.24) is 0 Å². The Balaban J connectivity index is 3.86. The molecule has 0 rings (SSSR count). The van der Waals surface area contributed by atoms with Crippen molar-refractivity contribution in [2.45, 2.75) is 33.6 Å². The summed E-state index contributed by atoms with van der Waals surface area (Å²) in [6.45, 7) is 6.60. The zero-order chi connectivity index (χ0) is 8.91. The molecule has 0 bridgehead atoms. The highest BCUT2D eigenvalue weighted by atomic mass is 35.5. The lowest BCUT2D eigenvalue weighted by molar-refractivity contribution is 0.311. The molecule has 0 radical (unpaired) electrons. The first-order chi connectivity index (χ1) is 5.08. The van der Waals surface area contributed by atoms with E-state index in [-0.39, 0.29) is 5.41 Å². The fourth-order valence-corrected chi connectivity index (χ4v) is 1.63. The Hall–Kier alpha value is 0.580. The van der Waals surface area contributed by atoms with Crippen LogP contribution in [0.25, 0.3) is 0 Å². The van der Waals surface area contributed by atoms with E-state index in [0.29, 0.717) is 11.8 Å². The molecule has 0 amide bonds. The third-order valence-corrected chi connectivity index (χ3v) is 3.47. The molecule has 0 heterocycles. The van der Waals surface area contributed by atoms with Gasteiger partial charge in [-0.25, -0.2) is 0 Å². The minimum absolute atomic E-state index is 0.137. The van der Waals surface area contributed by atoms with Gasteiger partial charge in [-0.2, -0.15) is 0 Å². The summed E-state index contributed by atoms with van der Waals surface area (Å²) in [4.78, 5) is 0. The first-order valence-corrected chi connectivity index (χ1v) is 5.27. The highest BCUT2D eigenvalue weighted by molar-refractivity contribution is 6.21. The van der Waals surface area contributed by atoms with Crippen molar-refractivity contribution in [3.63, 3.8) is 0 Å². The van der Waals surface area contributed by atoms with Crippen LogP contribution < -0.4 is 0 Å². The van der Waals surface area contributed by atoms with Gasteiger partial charge in [0.25, 0.3) is 0 Å². The normalized spacial score (nSPS) is 15.0. The van der Waals surface area contributed by atoms with E-state index < -0.39 is 0 Å². The molecule has 0 N–H and O–H groups in total. The monoisotopic (exact) mass is 196 g/mol. The predicted octanol–water partition coefficient (Wildman–Crippen LogP) is 3.91. The van der Waals surface area contributed by atoms with Crippen molar-refractivity contribution in [2.24, 2.45) is 11.3 Å². The zero-order valence-electron chi connectivity index (χ0n) is 7.66. The highest BCUT2D eigenvalue weighted by Crippen LogP contribution is 2.29. The van der Waals surface area contributed by atoms with E-state index in [4.69, 9.17) is 23.2 Å². The number of rotatable bonds is 5. The molecule has 1 atom stereocenters. The Kier molecular flexibility index (Phi) is 5.54. The molecule has 0 aliphatic carbocycles. The van der Waals surface area contributed by atoms with Crippen molar-refractivity contribution in [3.8, 4) is 0 Å². The van der Waals surface area contributed by atoms with E-state index in [1.807, 2.05) is 0 Å². The van der Waals surface area contributed by atoms with E-state index in [2.05, 4.69) is 20.8 Å². The quantitative estimate of drug-likeness (QED) is 0.586. The lowest BCUT2D eigenvalue weighted by Gasteiger charge is -2.27. The maximum Gasteiger partial charge on any atom is 0.0288 e. The maximum atomic E-state index is 5.83. The summed E-state index contributed by atoms with van der Waals surface area (Å²) in [5.41, 5.74) is 0.137. The summed E-state index contributed by atoms with van der Waals surface area (Å²) in [7, 11) is 0. The summed E-state index contributed by atoms with van der Waals surface area (Å²) < 4.78 is 0.